The molecule has 0 aromatic heterocycles. The van der Waals surface area contributed by atoms with E-state index in [-0.39, 0.29) is 0 Å². The highest BCUT2D eigenvalue weighted by Gasteiger charge is 2.28. The third-order valence-electron chi connectivity index (χ3n) is 2.31. The van der Waals surface area contributed by atoms with Crippen LogP contribution in [0.2, 0.25) is 0 Å². The van der Waals surface area contributed by atoms with Crippen molar-refractivity contribution in [3.05, 3.63) is 0 Å². The zero-order valence-corrected chi connectivity index (χ0v) is 8.12. The predicted molar refractivity (Wildman–Crippen MR) is 50.1 cm³/mol. The number of hydrogen-bond acceptors (Lipinski definition) is 3. The fraction of sp³-hybridized carbons (Fsp3) is 1.00. The molecular weight excluding hydrogens is 152 g/mol. The maximum atomic E-state index is 5.58. The van der Waals surface area contributed by atoms with Gasteiger partial charge < -0.3 is 10.5 Å². The lowest BCUT2D eigenvalue weighted by Crippen LogP contribution is -2.55. The topological polar surface area (TPSA) is 38.5 Å². The Morgan fingerprint density at radius 3 is 2.67 bits per heavy atom. The van der Waals surface area contributed by atoms with E-state index in [9.17, 15) is 0 Å². The highest BCUT2D eigenvalue weighted by molar-refractivity contribution is 4.82. The van der Waals surface area contributed by atoms with E-state index in [0.717, 1.165) is 32.7 Å². The fourth-order valence-corrected chi connectivity index (χ4v) is 1.33. The standard InChI is InChI=1S/C9H20N2O/c1-8(2)11-6-9(7-11)12-5-3-4-10/h8-9H,3-7,10H2,1-2H3. The highest BCUT2D eigenvalue weighted by atomic mass is 16.5. The molecule has 1 heterocycles. The van der Waals surface area contributed by atoms with E-state index in [1.807, 2.05) is 0 Å². The minimum atomic E-state index is 0.471. The number of nitrogens with zero attached hydrogens (tertiary/aromatic N) is 1. The molecule has 0 aliphatic carbocycles. The van der Waals surface area contributed by atoms with Crippen LogP contribution in [0, 0.1) is 0 Å². The van der Waals surface area contributed by atoms with Crippen LogP contribution in [0.4, 0.5) is 0 Å². The van der Waals surface area contributed by atoms with Crippen LogP contribution in [0.25, 0.3) is 0 Å². The van der Waals surface area contributed by atoms with Gasteiger partial charge in [-0.15, -0.1) is 0 Å². The Kier molecular flexibility index (Phi) is 3.98. The second kappa shape index (κ2) is 4.80. The predicted octanol–water partition coefficient (Wildman–Crippen LogP) is 0.444. The summed E-state index contributed by atoms with van der Waals surface area (Å²) < 4.78 is 5.58. The monoisotopic (exact) mass is 172 g/mol. The van der Waals surface area contributed by atoms with Crippen molar-refractivity contribution >= 4 is 0 Å². The molecule has 0 radical (unpaired) electrons. The van der Waals surface area contributed by atoms with Crippen molar-refractivity contribution < 1.29 is 4.74 Å². The summed E-state index contributed by atoms with van der Waals surface area (Å²) in [5, 5.41) is 0. The molecule has 0 amide bonds. The first-order valence-corrected chi connectivity index (χ1v) is 4.79. The SMILES string of the molecule is CC(C)N1CC(OCCCN)C1. The lowest BCUT2D eigenvalue weighted by molar-refractivity contribution is -0.0664. The molecule has 1 aliphatic heterocycles. The fourth-order valence-electron chi connectivity index (χ4n) is 1.33. The van der Waals surface area contributed by atoms with Gasteiger partial charge in [-0.1, -0.05) is 0 Å². The molecule has 0 atom stereocenters. The quantitative estimate of drug-likeness (QED) is 0.612. The summed E-state index contributed by atoms with van der Waals surface area (Å²) in [5.41, 5.74) is 5.36. The smallest absolute Gasteiger partial charge is 0.0828 e. The van der Waals surface area contributed by atoms with Crippen molar-refractivity contribution in [2.75, 3.05) is 26.2 Å². The van der Waals surface area contributed by atoms with Gasteiger partial charge >= 0.3 is 0 Å². The number of ether oxygens (including phenoxy) is 1. The van der Waals surface area contributed by atoms with E-state index in [1.54, 1.807) is 0 Å². The summed E-state index contributed by atoms with van der Waals surface area (Å²) >= 11 is 0. The molecule has 1 fully saturated rings. The van der Waals surface area contributed by atoms with Gasteiger partial charge in [0.15, 0.2) is 0 Å². The van der Waals surface area contributed by atoms with Gasteiger partial charge in [-0.3, -0.25) is 4.90 Å². The molecule has 0 aromatic carbocycles. The summed E-state index contributed by atoms with van der Waals surface area (Å²) in [6.45, 7) is 8.20. The Morgan fingerprint density at radius 1 is 1.50 bits per heavy atom. The molecule has 0 spiro atoms. The molecular formula is C9H20N2O. The zero-order valence-electron chi connectivity index (χ0n) is 8.12. The zero-order chi connectivity index (χ0) is 8.97. The summed E-state index contributed by atoms with van der Waals surface area (Å²) in [5.74, 6) is 0. The average molecular weight is 172 g/mol. The minimum Gasteiger partial charge on any atom is -0.376 e. The first kappa shape index (κ1) is 9.96. The highest BCUT2D eigenvalue weighted by Crippen LogP contribution is 2.14. The first-order valence-electron chi connectivity index (χ1n) is 4.79. The van der Waals surface area contributed by atoms with Crippen LogP contribution in [0.5, 0.6) is 0 Å². The van der Waals surface area contributed by atoms with Gasteiger partial charge in [-0.05, 0) is 26.8 Å². The number of rotatable bonds is 5. The van der Waals surface area contributed by atoms with Gasteiger partial charge in [0.2, 0.25) is 0 Å². The Labute approximate surface area is 74.9 Å². The van der Waals surface area contributed by atoms with E-state index >= 15 is 0 Å². The van der Waals surface area contributed by atoms with Gasteiger partial charge in [0, 0.05) is 25.7 Å². The average Bonchev–Trinajstić information content (AvgIpc) is 1.93. The normalized spacial score (nSPS) is 20.0. The van der Waals surface area contributed by atoms with Gasteiger partial charge in [0.1, 0.15) is 0 Å². The summed E-state index contributed by atoms with van der Waals surface area (Å²) in [4.78, 5) is 2.41. The molecule has 3 nitrogen and oxygen atoms in total. The van der Waals surface area contributed by atoms with Gasteiger partial charge in [-0.2, -0.15) is 0 Å². The van der Waals surface area contributed by atoms with Crippen molar-refractivity contribution in [1.29, 1.82) is 0 Å². The number of nitrogens with two attached hydrogens (primary N) is 1. The molecule has 3 heteroatoms. The first-order chi connectivity index (χ1) is 5.74. The van der Waals surface area contributed by atoms with Crippen molar-refractivity contribution in [3.8, 4) is 0 Å². The molecule has 1 rings (SSSR count). The minimum absolute atomic E-state index is 0.471. The second-order valence-electron chi connectivity index (χ2n) is 3.68. The Bertz CT molecular complexity index is 122. The Hall–Kier alpha value is -0.120. The van der Waals surface area contributed by atoms with Crippen LogP contribution in [-0.2, 0) is 4.74 Å². The van der Waals surface area contributed by atoms with Crippen LogP contribution >= 0.6 is 0 Å². The molecule has 72 valence electrons. The van der Waals surface area contributed by atoms with E-state index in [1.165, 1.54) is 0 Å². The Balaban J connectivity index is 1.95. The number of likely N-dealkylation sites (tertiary alicyclic amines) is 1. The van der Waals surface area contributed by atoms with Gasteiger partial charge in [-0.25, -0.2) is 0 Å². The molecule has 1 aliphatic rings. The maximum Gasteiger partial charge on any atom is 0.0828 e. The third-order valence-corrected chi connectivity index (χ3v) is 2.31. The molecule has 0 unspecified atom stereocenters. The van der Waals surface area contributed by atoms with Crippen LogP contribution in [0.1, 0.15) is 20.3 Å². The van der Waals surface area contributed by atoms with Crippen LogP contribution < -0.4 is 5.73 Å². The summed E-state index contributed by atoms with van der Waals surface area (Å²) in [6.07, 6.45) is 1.46. The largest absolute Gasteiger partial charge is 0.376 e. The van der Waals surface area contributed by atoms with E-state index in [4.69, 9.17) is 10.5 Å². The molecule has 12 heavy (non-hydrogen) atoms. The van der Waals surface area contributed by atoms with Gasteiger partial charge in [0.25, 0.3) is 0 Å². The van der Waals surface area contributed by atoms with Crippen molar-refractivity contribution in [2.45, 2.75) is 32.4 Å². The molecule has 0 bridgehead atoms. The van der Waals surface area contributed by atoms with Crippen molar-refractivity contribution in [3.63, 3.8) is 0 Å². The summed E-state index contributed by atoms with van der Waals surface area (Å²) in [6, 6.07) is 0.666. The molecule has 0 aromatic rings. The van der Waals surface area contributed by atoms with E-state index in [0.29, 0.717) is 12.1 Å². The van der Waals surface area contributed by atoms with E-state index in [2.05, 4.69) is 18.7 Å². The molecule has 2 N–H and O–H groups in total. The second-order valence-corrected chi connectivity index (χ2v) is 3.68. The molecule has 0 saturated carbocycles. The summed E-state index contributed by atoms with van der Waals surface area (Å²) in [7, 11) is 0. The molecule has 1 saturated heterocycles. The van der Waals surface area contributed by atoms with Crippen LogP contribution in [-0.4, -0.2) is 43.3 Å². The maximum absolute atomic E-state index is 5.58. The Morgan fingerprint density at radius 2 is 2.17 bits per heavy atom. The van der Waals surface area contributed by atoms with Crippen LogP contribution in [0.15, 0.2) is 0 Å². The van der Waals surface area contributed by atoms with E-state index < -0.39 is 0 Å². The third kappa shape index (κ3) is 2.73. The number of hydrogen-bond donors (Lipinski definition) is 1. The van der Waals surface area contributed by atoms with Gasteiger partial charge in [0.05, 0.1) is 6.10 Å². The van der Waals surface area contributed by atoms with Crippen molar-refractivity contribution in [2.24, 2.45) is 5.73 Å². The lowest BCUT2D eigenvalue weighted by atomic mass is 10.1. The lowest BCUT2D eigenvalue weighted by Gasteiger charge is -2.41. The van der Waals surface area contributed by atoms with Crippen molar-refractivity contribution in [1.82, 2.24) is 4.90 Å². The van der Waals surface area contributed by atoms with Crippen LogP contribution in [0.3, 0.4) is 0 Å².